The Labute approximate surface area is 272 Å². The summed E-state index contributed by atoms with van der Waals surface area (Å²) in [4.78, 5) is 2.40. The summed E-state index contributed by atoms with van der Waals surface area (Å²) in [6.45, 7) is 3.13. The second kappa shape index (κ2) is 16.7. The number of hydrogen-bond acceptors (Lipinski definition) is 9. The first kappa shape index (κ1) is 35.9. The Bertz CT molecular complexity index is 1610. The number of aromatic nitrogens is 1. The molecule has 252 valence electrons. The molecule has 1 saturated heterocycles. The SMILES string of the molecule is COc1cc(S(=O)(=O)CCOCCOCCN)ccc1NCC#Cc1cc2c(NC3CCN(C)CC3)cccc2n1CC(F)(F)P. The van der Waals surface area contributed by atoms with Crippen molar-refractivity contribution in [2.75, 3.05) is 83.2 Å². The molecule has 0 bridgehead atoms. The normalized spacial score (nSPS) is 14.7. The van der Waals surface area contributed by atoms with Gasteiger partial charge >= 0.3 is 0 Å². The summed E-state index contributed by atoms with van der Waals surface area (Å²) in [6.07, 6.45) is 2.01. The van der Waals surface area contributed by atoms with E-state index < -0.39 is 22.0 Å². The van der Waals surface area contributed by atoms with E-state index in [9.17, 15) is 17.2 Å². The van der Waals surface area contributed by atoms with Crippen LogP contribution in [0.5, 0.6) is 5.75 Å². The van der Waals surface area contributed by atoms with Crippen molar-refractivity contribution in [3.63, 3.8) is 0 Å². The van der Waals surface area contributed by atoms with E-state index in [1.54, 1.807) is 19.9 Å². The minimum Gasteiger partial charge on any atom is -0.495 e. The van der Waals surface area contributed by atoms with Crippen molar-refractivity contribution < 1.29 is 31.4 Å². The molecular formula is C32H44F2N5O5PS. The number of hydrogen-bond donors (Lipinski definition) is 3. The summed E-state index contributed by atoms with van der Waals surface area (Å²) in [5, 5.41) is 7.61. The van der Waals surface area contributed by atoms with Crippen molar-refractivity contribution in [2.45, 2.75) is 36.0 Å². The molecule has 0 amide bonds. The van der Waals surface area contributed by atoms with Crippen LogP contribution in [0.3, 0.4) is 0 Å². The molecule has 0 saturated carbocycles. The van der Waals surface area contributed by atoms with Gasteiger partial charge in [0.25, 0.3) is 5.66 Å². The van der Waals surface area contributed by atoms with Crippen LogP contribution in [0.25, 0.3) is 10.9 Å². The first-order valence-corrected chi connectivity index (χ1v) is 17.5. The largest absolute Gasteiger partial charge is 0.495 e. The maximum atomic E-state index is 14.2. The number of nitrogens with one attached hydrogen (secondary N) is 2. The molecule has 10 nitrogen and oxygen atoms in total. The van der Waals surface area contributed by atoms with Gasteiger partial charge < -0.3 is 40.0 Å². The lowest BCUT2D eigenvalue weighted by Crippen LogP contribution is -2.36. The highest BCUT2D eigenvalue weighted by molar-refractivity contribution is 7.91. The Hall–Kier alpha value is -2.98. The molecule has 1 atom stereocenters. The van der Waals surface area contributed by atoms with Crippen molar-refractivity contribution in [1.82, 2.24) is 9.47 Å². The van der Waals surface area contributed by atoms with Crippen LogP contribution < -0.4 is 21.1 Å². The summed E-state index contributed by atoms with van der Waals surface area (Å²) in [5.41, 5.74) is 4.95. The number of piperidine rings is 1. The highest BCUT2D eigenvalue weighted by Gasteiger charge is 2.25. The van der Waals surface area contributed by atoms with E-state index in [2.05, 4.69) is 34.4 Å². The molecule has 4 rings (SSSR count). The van der Waals surface area contributed by atoms with Crippen molar-refractivity contribution >= 4 is 41.4 Å². The number of nitrogens with zero attached hydrogens (tertiary/aromatic N) is 2. The quantitative estimate of drug-likeness (QED) is 0.118. The van der Waals surface area contributed by atoms with Gasteiger partial charge in [-0.25, -0.2) is 17.2 Å². The Morgan fingerprint density at radius 3 is 2.50 bits per heavy atom. The number of fused-ring (bicyclic) bond motifs is 1. The third-order valence-electron chi connectivity index (χ3n) is 7.64. The molecule has 1 aliphatic heterocycles. The Balaban J connectivity index is 1.45. The third kappa shape index (κ3) is 10.3. The smallest absolute Gasteiger partial charge is 0.276 e. The number of benzene rings is 2. The number of nitrogens with two attached hydrogens (primary N) is 1. The number of anilines is 2. The van der Waals surface area contributed by atoms with Crippen molar-refractivity contribution in [3.05, 3.63) is 48.2 Å². The van der Waals surface area contributed by atoms with E-state index in [0.29, 0.717) is 48.4 Å². The van der Waals surface area contributed by atoms with Crippen molar-refractivity contribution in [2.24, 2.45) is 5.73 Å². The van der Waals surface area contributed by atoms with Crippen molar-refractivity contribution in [3.8, 4) is 17.6 Å². The average molecular weight is 680 g/mol. The number of ether oxygens (including phenoxy) is 3. The Morgan fingerprint density at radius 1 is 1.07 bits per heavy atom. The molecule has 0 spiro atoms. The van der Waals surface area contributed by atoms with Gasteiger partial charge in [0.2, 0.25) is 0 Å². The van der Waals surface area contributed by atoms with E-state index in [1.807, 2.05) is 24.3 Å². The van der Waals surface area contributed by atoms with E-state index in [1.165, 1.54) is 19.2 Å². The lowest BCUT2D eigenvalue weighted by molar-refractivity contribution is 0.0567. The first-order valence-electron chi connectivity index (χ1n) is 15.2. The van der Waals surface area contributed by atoms with Crippen molar-refractivity contribution in [1.29, 1.82) is 0 Å². The zero-order chi connectivity index (χ0) is 33.2. The van der Waals surface area contributed by atoms with Crippen LogP contribution >= 0.6 is 9.24 Å². The molecule has 1 fully saturated rings. The third-order valence-corrected chi connectivity index (χ3v) is 9.50. The summed E-state index contributed by atoms with van der Waals surface area (Å²) in [6, 6.07) is 12.4. The van der Waals surface area contributed by atoms with Gasteiger partial charge in [0.05, 0.1) is 74.2 Å². The maximum absolute atomic E-state index is 14.2. The monoisotopic (exact) mass is 679 g/mol. The summed E-state index contributed by atoms with van der Waals surface area (Å²) in [7, 11) is 1.56. The number of alkyl halides is 2. The van der Waals surface area contributed by atoms with Gasteiger partial charge in [0, 0.05) is 29.7 Å². The van der Waals surface area contributed by atoms with Gasteiger partial charge in [-0.2, -0.15) is 0 Å². The predicted molar refractivity (Wildman–Crippen MR) is 182 cm³/mol. The van der Waals surface area contributed by atoms with E-state index in [4.69, 9.17) is 19.9 Å². The number of halogens is 2. The molecule has 14 heteroatoms. The summed E-state index contributed by atoms with van der Waals surface area (Å²) >= 11 is 0. The molecule has 0 radical (unpaired) electrons. The average Bonchev–Trinajstić information content (AvgIpc) is 3.36. The molecule has 0 aliphatic carbocycles. The molecule has 2 heterocycles. The van der Waals surface area contributed by atoms with Crippen LogP contribution in [-0.4, -0.2) is 102 Å². The topological polar surface area (TPSA) is 120 Å². The second-order valence-electron chi connectivity index (χ2n) is 11.2. The van der Waals surface area contributed by atoms with Crippen LogP contribution in [0, 0.1) is 11.8 Å². The minimum absolute atomic E-state index is 0.0291. The number of rotatable bonds is 16. The van der Waals surface area contributed by atoms with E-state index in [-0.39, 0.29) is 30.4 Å². The van der Waals surface area contributed by atoms with E-state index >= 15 is 0 Å². The van der Waals surface area contributed by atoms with Gasteiger partial charge in [-0.1, -0.05) is 21.2 Å². The fraction of sp³-hybridized carbons (Fsp3) is 0.500. The van der Waals surface area contributed by atoms with Gasteiger partial charge in [-0.05, 0) is 69.2 Å². The lowest BCUT2D eigenvalue weighted by Gasteiger charge is -2.30. The number of likely N-dealkylation sites (tertiary alicyclic amines) is 1. The molecule has 2 aromatic carbocycles. The zero-order valence-electron chi connectivity index (χ0n) is 26.4. The molecular weight excluding hydrogens is 635 g/mol. The Morgan fingerprint density at radius 2 is 1.80 bits per heavy atom. The molecule has 1 aromatic heterocycles. The van der Waals surface area contributed by atoms with Crippen LogP contribution in [0.1, 0.15) is 18.5 Å². The van der Waals surface area contributed by atoms with Gasteiger partial charge in [-0.15, -0.1) is 0 Å². The minimum atomic E-state index is -3.61. The molecule has 1 aliphatic rings. The van der Waals surface area contributed by atoms with Gasteiger partial charge in [0.1, 0.15) is 5.75 Å². The highest BCUT2D eigenvalue weighted by atomic mass is 32.2. The standard InChI is InChI=1S/C32H44F2N5O5PS/c1-38-14-10-24(11-15-38)37-28-6-3-7-30-27(28)21-25(39(30)23-32(33,34)45)5-4-13-36-29-9-8-26(22-31(29)42-2)46(40,41)20-19-44-18-17-43-16-12-35/h3,6-9,21-22,24,36-37H,10-20,23,35,45H2,1-2H3. The second-order valence-corrected chi connectivity index (χ2v) is 14.1. The fourth-order valence-electron chi connectivity index (χ4n) is 5.24. The predicted octanol–water partition coefficient (Wildman–Crippen LogP) is 3.85. The van der Waals surface area contributed by atoms with Crippen LogP contribution in [0.4, 0.5) is 20.2 Å². The number of sulfone groups is 1. The molecule has 3 aromatic rings. The van der Waals surface area contributed by atoms with Gasteiger partial charge in [-0.3, -0.25) is 0 Å². The fourth-order valence-corrected chi connectivity index (χ4v) is 6.56. The van der Waals surface area contributed by atoms with Crippen LogP contribution in [0.2, 0.25) is 0 Å². The zero-order valence-corrected chi connectivity index (χ0v) is 28.3. The summed E-state index contributed by atoms with van der Waals surface area (Å²) < 4.78 is 71.7. The summed E-state index contributed by atoms with van der Waals surface area (Å²) in [5.74, 6) is 6.23. The molecule has 4 N–H and O–H groups in total. The Kier molecular flexibility index (Phi) is 13.0. The molecule has 1 unspecified atom stereocenters. The van der Waals surface area contributed by atoms with E-state index in [0.717, 1.165) is 37.0 Å². The van der Waals surface area contributed by atoms with Gasteiger partial charge in [0.15, 0.2) is 9.84 Å². The first-order chi connectivity index (χ1) is 22.0. The maximum Gasteiger partial charge on any atom is 0.276 e. The van der Waals surface area contributed by atoms with Crippen LogP contribution in [0.15, 0.2) is 47.4 Å². The number of methoxy groups -OCH3 is 1. The lowest BCUT2D eigenvalue weighted by atomic mass is 10.0. The molecule has 46 heavy (non-hydrogen) atoms. The highest BCUT2D eigenvalue weighted by Crippen LogP contribution is 2.33. The van der Waals surface area contributed by atoms with Crippen LogP contribution in [-0.2, 0) is 25.9 Å².